The zero-order chi connectivity index (χ0) is 10.8. The van der Waals surface area contributed by atoms with Gasteiger partial charge in [0.15, 0.2) is 0 Å². The van der Waals surface area contributed by atoms with Crippen LogP contribution in [0.25, 0.3) is 0 Å². The van der Waals surface area contributed by atoms with Crippen LogP contribution in [-0.2, 0) is 6.42 Å². The Labute approximate surface area is 92.7 Å². The van der Waals surface area contributed by atoms with E-state index >= 15 is 0 Å². The summed E-state index contributed by atoms with van der Waals surface area (Å²) in [4.78, 5) is 7.99. The molecule has 0 fully saturated rings. The van der Waals surface area contributed by atoms with Gasteiger partial charge < -0.3 is 5.11 Å². The van der Waals surface area contributed by atoms with Crippen molar-refractivity contribution in [3.05, 3.63) is 22.7 Å². The molecule has 1 aromatic heterocycles. The van der Waals surface area contributed by atoms with Gasteiger partial charge in [0.25, 0.3) is 0 Å². The molecular formula is C10H15BrN2O. The molecule has 1 unspecified atom stereocenters. The Balaban J connectivity index is 2.75. The first-order chi connectivity index (χ1) is 6.41. The lowest BCUT2D eigenvalue weighted by Crippen LogP contribution is -2.28. The van der Waals surface area contributed by atoms with Crippen LogP contribution in [0, 0.1) is 5.41 Å². The van der Waals surface area contributed by atoms with Gasteiger partial charge in [0.2, 0.25) is 0 Å². The van der Waals surface area contributed by atoms with Gasteiger partial charge in [-0.25, -0.2) is 9.97 Å². The Bertz CT molecular complexity index is 309. The molecule has 1 N–H and O–H groups in total. The van der Waals surface area contributed by atoms with E-state index in [0.29, 0.717) is 6.42 Å². The number of nitrogens with zero attached hydrogens (tertiary/aromatic N) is 2. The summed E-state index contributed by atoms with van der Waals surface area (Å²) in [6, 6.07) is 0. The van der Waals surface area contributed by atoms with E-state index in [1.807, 2.05) is 20.8 Å². The normalized spacial score (nSPS) is 14.1. The molecule has 0 bridgehead atoms. The van der Waals surface area contributed by atoms with Gasteiger partial charge in [0.05, 0.1) is 16.3 Å². The second kappa shape index (κ2) is 4.36. The van der Waals surface area contributed by atoms with Gasteiger partial charge in [-0.05, 0) is 21.3 Å². The first-order valence-electron chi connectivity index (χ1n) is 4.53. The highest BCUT2D eigenvalue weighted by Gasteiger charge is 2.23. The predicted octanol–water partition coefficient (Wildman–Crippen LogP) is 2.19. The van der Waals surface area contributed by atoms with E-state index in [1.165, 1.54) is 6.33 Å². The summed E-state index contributed by atoms with van der Waals surface area (Å²) < 4.78 is 0.850. The Hall–Kier alpha value is -0.480. The van der Waals surface area contributed by atoms with E-state index in [-0.39, 0.29) is 5.41 Å². The average molecular weight is 259 g/mol. The van der Waals surface area contributed by atoms with Crippen LogP contribution in [0.3, 0.4) is 0 Å². The third-order valence-corrected chi connectivity index (χ3v) is 2.79. The molecule has 1 heterocycles. The van der Waals surface area contributed by atoms with Crippen LogP contribution in [0.1, 0.15) is 26.5 Å². The monoisotopic (exact) mass is 258 g/mol. The van der Waals surface area contributed by atoms with Crippen molar-refractivity contribution in [1.82, 2.24) is 9.97 Å². The van der Waals surface area contributed by atoms with Crippen LogP contribution < -0.4 is 0 Å². The number of halogens is 1. The molecule has 0 aromatic carbocycles. The van der Waals surface area contributed by atoms with Crippen molar-refractivity contribution in [1.29, 1.82) is 0 Å². The number of hydrogen-bond donors (Lipinski definition) is 1. The molecule has 14 heavy (non-hydrogen) atoms. The van der Waals surface area contributed by atoms with E-state index in [0.717, 1.165) is 10.2 Å². The highest BCUT2D eigenvalue weighted by Crippen LogP contribution is 2.24. The summed E-state index contributed by atoms with van der Waals surface area (Å²) >= 11 is 3.36. The van der Waals surface area contributed by atoms with Crippen molar-refractivity contribution >= 4 is 15.9 Å². The van der Waals surface area contributed by atoms with E-state index < -0.39 is 6.10 Å². The molecule has 4 heteroatoms. The van der Waals surface area contributed by atoms with Gasteiger partial charge in [-0.15, -0.1) is 0 Å². The molecule has 0 aliphatic carbocycles. The summed E-state index contributed by atoms with van der Waals surface area (Å²) in [6.45, 7) is 6.02. The fourth-order valence-corrected chi connectivity index (χ4v) is 1.36. The van der Waals surface area contributed by atoms with Crippen molar-refractivity contribution in [3.63, 3.8) is 0 Å². The SMILES string of the molecule is CC(C)(C)C(O)Cc1ncncc1Br. The van der Waals surface area contributed by atoms with Gasteiger partial charge in [-0.3, -0.25) is 0 Å². The lowest BCUT2D eigenvalue weighted by Gasteiger charge is -2.25. The first kappa shape index (κ1) is 11.6. The lowest BCUT2D eigenvalue weighted by atomic mass is 9.86. The molecule has 3 nitrogen and oxygen atoms in total. The van der Waals surface area contributed by atoms with E-state index in [1.54, 1.807) is 6.20 Å². The molecule has 1 atom stereocenters. The fraction of sp³-hybridized carbons (Fsp3) is 0.600. The topological polar surface area (TPSA) is 46.0 Å². The zero-order valence-corrected chi connectivity index (χ0v) is 10.2. The minimum absolute atomic E-state index is 0.121. The molecule has 1 aromatic rings. The van der Waals surface area contributed by atoms with Gasteiger partial charge in [-0.2, -0.15) is 0 Å². The van der Waals surface area contributed by atoms with Crippen LogP contribution in [0.4, 0.5) is 0 Å². The van der Waals surface area contributed by atoms with Gasteiger partial charge in [-0.1, -0.05) is 20.8 Å². The largest absolute Gasteiger partial charge is 0.392 e. The van der Waals surface area contributed by atoms with Crippen molar-refractivity contribution in [2.75, 3.05) is 0 Å². The summed E-state index contributed by atoms with van der Waals surface area (Å²) in [7, 11) is 0. The van der Waals surface area contributed by atoms with Crippen LogP contribution >= 0.6 is 15.9 Å². The average Bonchev–Trinajstić information content (AvgIpc) is 2.07. The quantitative estimate of drug-likeness (QED) is 0.885. The molecule has 0 saturated carbocycles. The van der Waals surface area contributed by atoms with Crippen LogP contribution in [-0.4, -0.2) is 21.2 Å². The van der Waals surface area contributed by atoms with Crippen LogP contribution in [0.2, 0.25) is 0 Å². The molecule has 0 spiro atoms. The van der Waals surface area contributed by atoms with E-state index in [9.17, 15) is 5.11 Å². The predicted molar refractivity (Wildman–Crippen MR) is 58.9 cm³/mol. The Morgan fingerprint density at radius 2 is 2.14 bits per heavy atom. The summed E-state index contributed by atoms with van der Waals surface area (Å²) in [5.74, 6) is 0. The van der Waals surface area contributed by atoms with Crippen LogP contribution in [0.5, 0.6) is 0 Å². The molecule has 78 valence electrons. The number of rotatable bonds is 2. The fourth-order valence-electron chi connectivity index (χ4n) is 0.978. The van der Waals surface area contributed by atoms with E-state index in [4.69, 9.17) is 0 Å². The van der Waals surface area contributed by atoms with Gasteiger partial charge in [0.1, 0.15) is 6.33 Å². The summed E-state index contributed by atoms with van der Waals surface area (Å²) in [5.41, 5.74) is 0.729. The molecule has 0 aliphatic heterocycles. The van der Waals surface area contributed by atoms with Gasteiger partial charge >= 0.3 is 0 Å². The van der Waals surface area contributed by atoms with Gasteiger partial charge in [0, 0.05) is 12.6 Å². The summed E-state index contributed by atoms with van der Waals surface area (Å²) in [5, 5.41) is 9.88. The highest BCUT2D eigenvalue weighted by atomic mass is 79.9. The molecule has 0 saturated heterocycles. The third kappa shape index (κ3) is 3.03. The molecule has 0 radical (unpaired) electrons. The zero-order valence-electron chi connectivity index (χ0n) is 8.66. The van der Waals surface area contributed by atoms with Crippen LogP contribution in [0.15, 0.2) is 17.0 Å². The maximum Gasteiger partial charge on any atom is 0.115 e. The lowest BCUT2D eigenvalue weighted by molar-refractivity contribution is 0.0626. The maximum absolute atomic E-state index is 9.88. The smallest absolute Gasteiger partial charge is 0.115 e. The molecule has 0 amide bonds. The van der Waals surface area contributed by atoms with Crippen molar-refractivity contribution in [2.24, 2.45) is 5.41 Å². The minimum Gasteiger partial charge on any atom is -0.392 e. The molecular weight excluding hydrogens is 244 g/mol. The number of hydrogen-bond acceptors (Lipinski definition) is 3. The second-order valence-corrected chi connectivity index (χ2v) is 5.26. The Morgan fingerprint density at radius 1 is 1.50 bits per heavy atom. The Morgan fingerprint density at radius 3 is 2.64 bits per heavy atom. The Kier molecular flexibility index (Phi) is 3.61. The van der Waals surface area contributed by atoms with Crippen molar-refractivity contribution in [2.45, 2.75) is 33.3 Å². The third-order valence-electron chi connectivity index (χ3n) is 2.13. The standard InChI is InChI=1S/C10H15BrN2O/c1-10(2,3)9(14)4-8-7(11)5-12-6-13-8/h5-6,9,14H,4H2,1-3H3. The second-order valence-electron chi connectivity index (χ2n) is 4.40. The van der Waals surface area contributed by atoms with Crippen molar-refractivity contribution in [3.8, 4) is 0 Å². The first-order valence-corrected chi connectivity index (χ1v) is 5.33. The number of aliphatic hydroxyl groups excluding tert-OH is 1. The molecule has 1 rings (SSSR count). The maximum atomic E-state index is 9.88. The number of aliphatic hydroxyl groups is 1. The highest BCUT2D eigenvalue weighted by molar-refractivity contribution is 9.10. The number of aromatic nitrogens is 2. The van der Waals surface area contributed by atoms with Crippen molar-refractivity contribution < 1.29 is 5.11 Å². The summed E-state index contributed by atoms with van der Waals surface area (Å²) in [6.07, 6.45) is 3.34. The minimum atomic E-state index is -0.395. The van der Waals surface area contributed by atoms with E-state index in [2.05, 4.69) is 25.9 Å². The molecule has 0 aliphatic rings.